The molecule has 0 atom stereocenters. The molecule has 31 heavy (non-hydrogen) atoms. The first kappa shape index (κ1) is 19.5. The van der Waals surface area contributed by atoms with Crippen LogP contribution in [-0.4, -0.2) is 31.5 Å². The van der Waals surface area contributed by atoms with Gasteiger partial charge in [-0.3, -0.25) is 9.59 Å². The highest BCUT2D eigenvalue weighted by molar-refractivity contribution is 6.05. The summed E-state index contributed by atoms with van der Waals surface area (Å²) in [4.78, 5) is 24.3. The highest BCUT2D eigenvalue weighted by Gasteiger charge is 2.10. The summed E-state index contributed by atoms with van der Waals surface area (Å²) in [6.45, 7) is 1.45. The minimum absolute atomic E-state index is 0.101. The molecule has 0 aliphatic heterocycles. The van der Waals surface area contributed by atoms with E-state index in [1.165, 1.54) is 17.5 Å². The average Bonchev–Trinajstić information content (AvgIpc) is 3.20. The minimum atomic E-state index is -0.421. The second-order valence-corrected chi connectivity index (χ2v) is 6.57. The van der Waals surface area contributed by atoms with E-state index in [0.29, 0.717) is 33.8 Å². The highest BCUT2D eigenvalue weighted by atomic mass is 16.1. The van der Waals surface area contributed by atoms with Crippen LogP contribution in [0.25, 0.3) is 5.65 Å². The third-order valence-corrected chi connectivity index (χ3v) is 4.35. The van der Waals surface area contributed by atoms with Gasteiger partial charge in [0.2, 0.25) is 5.82 Å². The molecule has 0 radical (unpaired) electrons. The lowest BCUT2D eigenvalue weighted by atomic mass is 10.1. The molecule has 0 aliphatic rings. The maximum absolute atomic E-state index is 12.7. The maximum atomic E-state index is 12.7. The Hall–Kier alpha value is -4.82. The Labute approximate surface area is 177 Å². The number of amides is 1. The van der Waals surface area contributed by atoms with Gasteiger partial charge in [0, 0.05) is 28.6 Å². The first-order chi connectivity index (χ1) is 15.0. The number of ketones is 1. The van der Waals surface area contributed by atoms with E-state index < -0.39 is 5.91 Å². The monoisotopic (exact) mass is 406 g/mol. The van der Waals surface area contributed by atoms with Crippen molar-refractivity contribution in [1.82, 2.24) is 19.8 Å². The zero-order chi connectivity index (χ0) is 21.8. The van der Waals surface area contributed by atoms with Crippen molar-refractivity contribution in [1.29, 1.82) is 5.26 Å². The van der Waals surface area contributed by atoms with Crippen molar-refractivity contribution >= 4 is 23.0 Å². The standard InChI is InChI=1S/C23H14N6O2/c1-15(30)18-4-2-5-20(13-18)26-23(31)19-11-16(10-17(12-19)14-24)7-8-22-28-27-21-6-3-9-25-29(21)22/h2-6,9-13H,1H3,(H,26,31). The van der Waals surface area contributed by atoms with Crippen LogP contribution in [-0.2, 0) is 0 Å². The van der Waals surface area contributed by atoms with E-state index in [0.717, 1.165) is 0 Å². The van der Waals surface area contributed by atoms with E-state index in [1.807, 2.05) is 6.07 Å². The Bertz CT molecular complexity index is 1440. The van der Waals surface area contributed by atoms with E-state index >= 15 is 0 Å². The molecule has 2 aromatic carbocycles. The molecule has 1 amide bonds. The summed E-state index contributed by atoms with van der Waals surface area (Å²) in [5.74, 6) is 5.59. The minimum Gasteiger partial charge on any atom is -0.322 e. The van der Waals surface area contributed by atoms with Crippen molar-refractivity contribution < 1.29 is 9.59 Å². The van der Waals surface area contributed by atoms with E-state index in [9.17, 15) is 14.9 Å². The van der Waals surface area contributed by atoms with E-state index in [-0.39, 0.29) is 11.3 Å². The van der Waals surface area contributed by atoms with Crippen LogP contribution in [0.3, 0.4) is 0 Å². The second-order valence-electron chi connectivity index (χ2n) is 6.57. The quantitative estimate of drug-likeness (QED) is 0.413. The summed E-state index contributed by atoms with van der Waals surface area (Å²) in [6.07, 6.45) is 1.60. The van der Waals surface area contributed by atoms with Gasteiger partial charge < -0.3 is 5.32 Å². The molecule has 0 fully saturated rings. The normalized spacial score (nSPS) is 10.1. The summed E-state index contributed by atoms with van der Waals surface area (Å²) in [6, 6.07) is 16.8. The van der Waals surface area contributed by atoms with Crippen LogP contribution in [0, 0.1) is 23.2 Å². The number of rotatable bonds is 3. The number of nitrogens with zero attached hydrogens (tertiary/aromatic N) is 5. The topological polar surface area (TPSA) is 113 Å². The molecule has 0 unspecified atom stereocenters. The molecule has 2 heterocycles. The molecule has 4 rings (SSSR count). The van der Waals surface area contributed by atoms with Crippen LogP contribution in [0.2, 0.25) is 0 Å². The third kappa shape index (κ3) is 4.29. The van der Waals surface area contributed by atoms with Gasteiger partial charge in [0.15, 0.2) is 11.4 Å². The number of aromatic nitrogens is 4. The number of hydrogen-bond acceptors (Lipinski definition) is 6. The van der Waals surface area contributed by atoms with Crippen molar-refractivity contribution in [3.8, 4) is 17.9 Å². The lowest BCUT2D eigenvalue weighted by molar-refractivity contribution is 0.101. The van der Waals surface area contributed by atoms with Gasteiger partial charge in [-0.25, -0.2) is 0 Å². The third-order valence-electron chi connectivity index (χ3n) is 4.35. The van der Waals surface area contributed by atoms with Gasteiger partial charge in [0.05, 0.1) is 11.6 Å². The predicted octanol–water partition coefficient (Wildman–Crippen LogP) is 2.85. The fourth-order valence-corrected chi connectivity index (χ4v) is 2.86. The van der Waals surface area contributed by atoms with Crippen molar-refractivity contribution in [3.63, 3.8) is 0 Å². The molecule has 8 nitrogen and oxygen atoms in total. The zero-order valence-corrected chi connectivity index (χ0v) is 16.3. The lowest BCUT2D eigenvalue weighted by Crippen LogP contribution is -2.12. The number of carbonyl (C=O) groups excluding carboxylic acids is 2. The van der Waals surface area contributed by atoms with Crippen molar-refractivity contribution in [2.24, 2.45) is 0 Å². The zero-order valence-electron chi connectivity index (χ0n) is 16.3. The Balaban J connectivity index is 1.64. The molecule has 0 spiro atoms. The summed E-state index contributed by atoms with van der Waals surface area (Å²) < 4.78 is 1.50. The van der Waals surface area contributed by atoms with Crippen LogP contribution in [0.1, 0.15) is 44.6 Å². The molecule has 0 saturated carbocycles. The van der Waals surface area contributed by atoms with Gasteiger partial charge in [-0.2, -0.15) is 14.9 Å². The molecule has 1 N–H and O–H groups in total. The molecule has 148 valence electrons. The van der Waals surface area contributed by atoms with Gasteiger partial charge in [-0.05, 0) is 55.3 Å². The second kappa shape index (κ2) is 8.27. The van der Waals surface area contributed by atoms with Crippen LogP contribution < -0.4 is 5.32 Å². The van der Waals surface area contributed by atoms with Gasteiger partial charge in [0.25, 0.3) is 5.91 Å². The maximum Gasteiger partial charge on any atom is 0.255 e. The summed E-state index contributed by atoms with van der Waals surface area (Å²) in [7, 11) is 0. The summed E-state index contributed by atoms with van der Waals surface area (Å²) >= 11 is 0. The predicted molar refractivity (Wildman–Crippen MR) is 112 cm³/mol. The van der Waals surface area contributed by atoms with Gasteiger partial charge in [-0.15, -0.1) is 10.2 Å². The van der Waals surface area contributed by atoms with E-state index in [1.54, 1.807) is 54.7 Å². The number of nitrogens with one attached hydrogen (secondary N) is 1. The molecule has 0 saturated heterocycles. The number of nitriles is 1. The number of fused-ring (bicyclic) bond motifs is 1. The number of benzene rings is 2. The van der Waals surface area contributed by atoms with Crippen LogP contribution in [0.4, 0.5) is 5.69 Å². The number of hydrogen-bond donors (Lipinski definition) is 1. The largest absolute Gasteiger partial charge is 0.322 e. The van der Waals surface area contributed by atoms with Crippen molar-refractivity contribution in [2.75, 3.05) is 5.32 Å². The van der Waals surface area contributed by atoms with Gasteiger partial charge in [-0.1, -0.05) is 18.1 Å². The molecule has 2 aromatic heterocycles. The van der Waals surface area contributed by atoms with E-state index in [2.05, 4.69) is 32.5 Å². The first-order valence-corrected chi connectivity index (χ1v) is 9.19. The Morgan fingerprint density at radius 3 is 2.61 bits per heavy atom. The Morgan fingerprint density at radius 2 is 1.81 bits per heavy atom. The summed E-state index contributed by atoms with van der Waals surface area (Å²) in [5.41, 5.74) is 2.55. The molecule has 4 aromatic rings. The molecule has 0 aliphatic carbocycles. The van der Waals surface area contributed by atoms with Crippen molar-refractivity contribution in [2.45, 2.75) is 6.92 Å². The molecular weight excluding hydrogens is 392 g/mol. The lowest BCUT2D eigenvalue weighted by Gasteiger charge is -2.07. The fourth-order valence-electron chi connectivity index (χ4n) is 2.86. The van der Waals surface area contributed by atoms with Crippen LogP contribution >= 0.6 is 0 Å². The van der Waals surface area contributed by atoms with E-state index in [4.69, 9.17) is 0 Å². The van der Waals surface area contributed by atoms with Crippen molar-refractivity contribution in [3.05, 3.63) is 88.9 Å². The van der Waals surface area contributed by atoms with Gasteiger partial charge in [0.1, 0.15) is 0 Å². The Morgan fingerprint density at radius 1 is 0.968 bits per heavy atom. The fraction of sp³-hybridized carbons (Fsp3) is 0.0435. The van der Waals surface area contributed by atoms with Gasteiger partial charge >= 0.3 is 0 Å². The van der Waals surface area contributed by atoms with Crippen LogP contribution in [0.15, 0.2) is 60.8 Å². The van der Waals surface area contributed by atoms with Crippen LogP contribution in [0.5, 0.6) is 0 Å². The first-order valence-electron chi connectivity index (χ1n) is 9.19. The molecular formula is C23H14N6O2. The average molecular weight is 406 g/mol. The molecule has 0 bridgehead atoms. The SMILES string of the molecule is CC(=O)c1cccc(NC(=O)c2cc(C#N)cc(C#Cc3nnc4cccnn34)c2)c1. The number of carbonyl (C=O) groups is 2. The number of anilines is 1. The Kier molecular flexibility index (Phi) is 5.20. The number of Topliss-reactive ketones (excluding diaryl/α,β-unsaturated/α-hetero) is 1. The molecule has 8 heteroatoms. The highest BCUT2D eigenvalue weighted by Crippen LogP contribution is 2.15. The smallest absolute Gasteiger partial charge is 0.255 e. The summed E-state index contributed by atoms with van der Waals surface area (Å²) in [5, 5.41) is 24.2.